The molecule has 0 saturated heterocycles. The molecule has 6 nitrogen and oxygen atoms in total. The van der Waals surface area contributed by atoms with Gasteiger partial charge in [-0.25, -0.2) is 0 Å². The molecule has 0 aromatic rings. The van der Waals surface area contributed by atoms with Crippen LogP contribution in [0.15, 0.2) is 36.5 Å². The molecular formula is C84H161NO5. The first-order valence-electron chi connectivity index (χ1n) is 41.3. The van der Waals surface area contributed by atoms with Gasteiger partial charge in [-0.15, -0.1) is 0 Å². The zero-order valence-electron chi connectivity index (χ0n) is 61.1. The maximum Gasteiger partial charge on any atom is 0.305 e. The van der Waals surface area contributed by atoms with Crippen molar-refractivity contribution < 1.29 is 24.5 Å². The molecule has 0 aromatic heterocycles. The molecule has 0 aliphatic rings. The van der Waals surface area contributed by atoms with Gasteiger partial charge in [0.25, 0.3) is 0 Å². The van der Waals surface area contributed by atoms with Crippen molar-refractivity contribution in [3.05, 3.63) is 36.5 Å². The van der Waals surface area contributed by atoms with E-state index in [2.05, 4.69) is 43.5 Å². The molecule has 0 aliphatic carbocycles. The predicted molar refractivity (Wildman–Crippen MR) is 398 cm³/mol. The minimum absolute atomic E-state index is 0.00837. The number of nitrogens with one attached hydrogen (secondary N) is 1. The molecule has 0 fully saturated rings. The largest absolute Gasteiger partial charge is 0.466 e. The Bertz CT molecular complexity index is 1460. The topological polar surface area (TPSA) is 95.9 Å². The summed E-state index contributed by atoms with van der Waals surface area (Å²) in [6, 6.07) is -0.625. The first-order chi connectivity index (χ1) is 44.5. The highest BCUT2D eigenvalue weighted by molar-refractivity contribution is 5.76. The van der Waals surface area contributed by atoms with Crippen molar-refractivity contribution in [3.8, 4) is 0 Å². The van der Waals surface area contributed by atoms with Crippen LogP contribution in [0.25, 0.3) is 0 Å². The number of aliphatic hydroxyl groups is 2. The molecule has 0 saturated carbocycles. The Labute approximate surface area is 564 Å². The number of unbranched alkanes of at least 4 members (excludes halogenated alkanes) is 63. The normalized spacial score (nSPS) is 12.6. The van der Waals surface area contributed by atoms with E-state index in [0.29, 0.717) is 19.4 Å². The third-order valence-corrected chi connectivity index (χ3v) is 19.4. The van der Waals surface area contributed by atoms with Gasteiger partial charge in [0.05, 0.1) is 25.4 Å². The number of aliphatic hydroxyl groups excluding tert-OH is 2. The highest BCUT2D eigenvalue weighted by Gasteiger charge is 2.18. The van der Waals surface area contributed by atoms with Crippen molar-refractivity contribution in [2.45, 2.75) is 475 Å². The summed E-state index contributed by atoms with van der Waals surface area (Å²) in [6.45, 7) is 4.91. The van der Waals surface area contributed by atoms with Crippen LogP contribution in [0.3, 0.4) is 0 Å². The lowest BCUT2D eigenvalue weighted by atomic mass is 10.0. The second kappa shape index (κ2) is 79.5. The molecule has 3 N–H and O–H groups in total. The van der Waals surface area contributed by atoms with Crippen LogP contribution in [0.4, 0.5) is 0 Å². The SMILES string of the molecule is CCCC/C=C\C/C=C\CCCCCCCC(=O)OCCCCCCCCCCCCCCCCCCCCCCCCCCCCCCCCCCCCCC(=O)NC(CO)C(O)/C=C/CCCCCCCCCCCCCCCCCCCCCCCC. The van der Waals surface area contributed by atoms with E-state index in [0.717, 1.165) is 51.4 Å². The van der Waals surface area contributed by atoms with Gasteiger partial charge in [-0.2, -0.15) is 0 Å². The fourth-order valence-electron chi connectivity index (χ4n) is 13.1. The highest BCUT2D eigenvalue weighted by Crippen LogP contribution is 2.20. The van der Waals surface area contributed by atoms with Crippen LogP contribution in [0.5, 0.6) is 0 Å². The average molecular weight is 1270 g/mol. The summed E-state index contributed by atoms with van der Waals surface area (Å²) in [5.74, 6) is -0.0490. The van der Waals surface area contributed by atoms with Crippen LogP contribution in [-0.2, 0) is 14.3 Å². The Morgan fingerprint density at radius 3 is 0.878 bits per heavy atom. The molecule has 0 radical (unpaired) electrons. The highest BCUT2D eigenvalue weighted by atomic mass is 16.5. The summed E-state index contributed by atoms with van der Waals surface area (Å²) in [5, 5.41) is 23.3. The molecule has 2 atom stereocenters. The van der Waals surface area contributed by atoms with Gasteiger partial charge >= 0.3 is 5.97 Å². The van der Waals surface area contributed by atoms with E-state index >= 15 is 0 Å². The molecule has 90 heavy (non-hydrogen) atoms. The standard InChI is InChI=1S/C84H161NO5/c1-3-5-7-9-11-13-15-17-19-20-21-22-23-37-40-43-46-49-52-56-60-64-68-72-76-82(87)81(80-86)85-83(88)77-73-69-65-61-57-53-50-47-44-41-38-35-33-31-29-27-25-24-26-28-30-32-34-36-39-42-45-48-51-55-59-63-67-71-75-79-90-84(89)78-74-70-66-62-58-54-18-16-14-12-10-8-6-4-2/h10,12,16,18,72,76,81-82,86-87H,3-9,11,13-15,17,19-71,73-75,77-80H2,1-2H3,(H,85,88)/b12-10-,18-16-,76-72+. The molecule has 0 spiro atoms. The fourth-order valence-corrected chi connectivity index (χ4v) is 13.1. The minimum atomic E-state index is -0.842. The lowest BCUT2D eigenvalue weighted by Crippen LogP contribution is -2.45. The summed E-state index contributed by atoms with van der Waals surface area (Å²) in [7, 11) is 0. The van der Waals surface area contributed by atoms with Crippen molar-refractivity contribution in [1.29, 1.82) is 0 Å². The molecule has 0 aliphatic heterocycles. The zero-order chi connectivity index (χ0) is 64.9. The van der Waals surface area contributed by atoms with E-state index in [1.807, 2.05) is 6.08 Å². The fraction of sp³-hybridized carbons (Fsp3) is 0.905. The van der Waals surface area contributed by atoms with Crippen LogP contribution in [0, 0.1) is 0 Å². The van der Waals surface area contributed by atoms with E-state index in [1.165, 1.54) is 385 Å². The third-order valence-electron chi connectivity index (χ3n) is 19.4. The van der Waals surface area contributed by atoms with Crippen molar-refractivity contribution in [3.63, 3.8) is 0 Å². The Hall–Kier alpha value is -1.92. The van der Waals surface area contributed by atoms with Crippen LogP contribution < -0.4 is 5.32 Å². The van der Waals surface area contributed by atoms with E-state index in [1.54, 1.807) is 6.08 Å². The summed E-state index contributed by atoms with van der Waals surface area (Å²) in [4.78, 5) is 24.6. The Balaban J connectivity index is 3.34. The number of carbonyl (C=O) groups is 2. The van der Waals surface area contributed by atoms with Gasteiger partial charge < -0.3 is 20.3 Å². The number of hydrogen-bond donors (Lipinski definition) is 3. The molecule has 0 bridgehead atoms. The van der Waals surface area contributed by atoms with Crippen molar-refractivity contribution in [1.82, 2.24) is 5.32 Å². The Morgan fingerprint density at radius 1 is 0.311 bits per heavy atom. The average Bonchev–Trinajstić information content (AvgIpc) is 3.60. The Morgan fingerprint density at radius 2 is 0.567 bits per heavy atom. The number of allylic oxidation sites excluding steroid dienone is 5. The smallest absolute Gasteiger partial charge is 0.305 e. The summed E-state index contributed by atoms with van der Waals surface area (Å²) in [6.07, 6.45) is 104. The maximum atomic E-state index is 12.6. The molecule has 0 heterocycles. The number of carbonyl (C=O) groups excluding carboxylic acids is 2. The lowest BCUT2D eigenvalue weighted by Gasteiger charge is -2.20. The molecule has 1 amide bonds. The molecule has 0 rings (SSSR count). The molecule has 0 aromatic carbocycles. The zero-order valence-corrected chi connectivity index (χ0v) is 61.1. The number of amides is 1. The second-order valence-electron chi connectivity index (χ2n) is 28.5. The summed E-state index contributed by atoms with van der Waals surface area (Å²) >= 11 is 0. The summed E-state index contributed by atoms with van der Waals surface area (Å²) < 4.78 is 5.49. The van der Waals surface area contributed by atoms with Gasteiger partial charge in [-0.3, -0.25) is 9.59 Å². The van der Waals surface area contributed by atoms with Gasteiger partial charge in [0.15, 0.2) is 0 Å². The first kappa shape index (κ1) is 88.1. The van der Waals surface area contributed by atoms with E-state index < -0.39 is 12.1 Å². The quantitative estimate of drug-likeness (QED) is 0.0320. The van der Waals surface area contributed by atoms with E-state index in [4.69, 9.17) is 4.74 Å². The molecule has 6 heteroatoms. The van der Waals surface area contributed by atoms with Gasteiger partial charge in [-0.05, 0) is 57.8 Å². The molecular weight excluding hydrogens is 1100 g/mol. The maximum absolute atomic E-state index is 12.6. The van der Waals surface area contributed by atoms with E-state index in [9.17, 15) is 19.8 Å². The van der Waals surface area contributed by atoms with Crippen LogP contribution in [0.1, 0.15) is 463 Å². The number of rotatable bonds is 78. The Kier molecular flexibility index (Phi) is 77.8. The second-order valence-corrected chi connectivity index (χ2v) is 28.5. The van der Waals surface area contributed by atoms with Crippen LogP contribution in [-0.4, -0.2) is 47.4 Å². The van der Waals surface area contributed by atoms with Crippen LogP contribution in [0.2, 0.25) is 0 Å². The van der Waals surface area contributed by atoms with Crippen molar-refractivity contribution in [2.24, 2.45) is 0 Å². The van der Waals surface area contributed by atoms with Crippen LogP contribution >= 0.6 is 0 Å². The van der Waals surface area contributed by atoms with Gasteiger partial charge in [0, 0.05) is 12.8 Å². The van der Waals surface area contributed by atoms with E-state index in [-0.39, 0.29) is 18.5 Å². The monoisotopic (exact) mass is 1260 g/mol. The van der Waals surface area contributed by atoms with Crippen molar-refractivity contribution in [2.75, 3.05) is 13.2 Å². The molecule has 532 valence electrons. The van der Waals surface area contributed by atoms with Gasteiger partial charge in [0.1, 0.15) is 0 Å². The van der Waals surface area contributed by atoms with Crippen molar-refractivity contribution >= 4 is 11.9 Å². The molecule has 2 unspecified atom stereocenters. The lowest BCUT2D eigenvalue weighted by molar-refractivity contribution is -0.143. The number of hydrogen-bond acceptors (Lipinski definition) is 5. The summed E-state index contributed by atoms with van der Waals surface area (Å²) in [5.41, 5.74) is 0. The first-order valence-corrected chi connectivity index (χ1v) is 41.3. The third kappa shape index (κ3) is 75.1. The minimum Gasteiger partial charge on any atom is -0.466 e. The van der Waals surface area contributed by atoms with Gasteiger partial charge in [-0.1, -0.05) is 429 Å². The number of esters is 1. The number of ether oxygens (including phenoxy) is 1. The van der Waals surface area contributed by atoms with Gasteiger partial charge in [0.2, 0.25) is 5.91 Å². The predicted octanol–water partition coefficient (Wildman–Crippen LogP) is 27.4.